The van der Waals surface area contributed by atoms with E-state index in [4.69, 9.17) is 14.2 Å². The molecule has 1 atom stereocenters. The van der Waals surface area contributed by atoms with E-state index in [1.807, 2.05) is 0 Å². The molecule has 0 saturated carbocycles. The van der Waals surface area contributed by atoms with E-state index in [0.29, 0.717) is 19.3 Å². The van der Waals surface area contributed by atoms with Gasteiger partial charge in [-0.15, -0.1) is 0 Å². The molecule has 0 aliphatic rings. The lowest BCUT2D eigenvalue weighted by molar-refractivity contribution is -0.167. The van der Waals surface area contributed by atoms with Crippen molar-refractivity contribution in [3.8, 4) is 0 Å². The Hall–Kier alpha value is -3.41. The van der Waals surface area contributed by atoms with Crippen molar-refractivity contribution in [1.82, 2.24) is 0 Å². The van der Waals surface area contributed by atoms with Crippen LogP contribution in [0.4, 0.5) is 0 Å². The molecule has 0 N–H and O–H groups in total. The number of hydrogen-bond acceptors (Lipinski definition) is 6. The molecule has 6 nitrogen and oxygen atoms in total. The Balaban J connectivity index is 4.35. The second-order valence-electron chi connectivity index (χ2n) is 21.6. The van der Waals surface area contributed by atoms with E-state index in [1.165, 1.54) is 173 Å². The lowest BCUT2D eigenvalue weighted by atomic mass is 10.0. The number of hydrogen-bond donors (Lipinski definition) is 0. The molecule has 0 aliphatic carbocycles. The number of unbranched alkanes of at least 4 members (excludes halogenated alkanes) is 34. The van der Waals surface area contributed by atoms with Gasteiger partial charge < -0.3 is 14.2 Å². The Labute approximate surface area is 471 Å². The van der Waals surface area contributed by atoms with Gasteiger partial charge in [0.2, 0.25) is 0 Å². The third-order valence-electron chi connectivity index (χ3n) is 14.1. The molecule has 0 radical (unpaired) electrons. The van der Waals surface area contributed by atoms with E-state index in [9.17, 15) is 14.4 Å². The van der Waals surface area contributed by atoms with Gasteiger partial charge in [0, 0.05) is 19.3 Å². The van der Waals surface area contributed by atoms with Gasteiger partial charge in [0.15, 0.2) is 6.10 Å². The quantitative estimate of drug-likeness (QED) is 0.0261. The van der Waals surface area contributed by atoms with Gasteiger partial charge in [-0.3, -0.25) is 14.4 Å². The van der Waals surface area contributed by atoms with Crippen molar-refractivity contribution < 1.29 is 28.6 Å². The van der Waals surface area contributed by atoms with Crippen LogP contribution in [0, 0.1) is 0 Å². The van der Waals surface area contributed by atoms with E-state index in [1.54, 1.807) is 0 Å². The smallest absolute Gasteiger partial charge is 0.306 e. The van der Waals surface area contributed by atoms with E-state index in [0.717, 1.165) is 109 Å². The Morgan fingerprint density at radius 3 is 0.855 bits per heavy atom. The van der Waals surface area contributed by atoms with Crippen molar-refractivity contribution >= 4 is 17.9 Å². The molecule has 0 aromatic rings. The minimum Gasteiger partial charge on any atom is -0.462 e. The maximum atomic E-state index is 12.9. The Bertz CT molecular complexity index is 1450. The lowest BCUT2D eigenvalue weighted by Crippen LogP contribution is -2.30. The summed E-state index contributed by atoms with van der Waals surface area (Å²) in [5, 5.41) is 0. The first-order valence-electron chi connectivity index (χ1n) is 32.6. The van der Waals surface area contributed by atoms with Crippen molar-refractivity contribution in [3.63, 3.8) is 0 Å². The molecule has 0 rings (SSSR count). The molecule has 438 valence electrons. The first kappa shape index (κ1) is 72.6. The van der Waals surface area contributed by atoms with Crippen LogP contribution in [0.15, 0.2) is 85.1 Å². The molecule has 0 saturated heterocycles. The number of esters is 3. The summed E-state index contributed by atoms with van der Waals surface area (Å²) >= 11 is 0. The van der Waals surface area contributed by atoms with Crippen LogP contribution >= 0.6 is 0 Å². The monoisotopic (exact) mass is 1060 g/mol. The normalized spacial score (nSPS) is 12.6. The highest BCUT2D eigenvalue weighted by molar-refractivity contribution is 5.71. The molecular formula is C70H122O6. The van der Waals surface area contributed by atoms with Crippen LogP contribution < -0.4 is 0 Å². The summed E-state index contributed by atoms with van der Waals surface area (Å²) in [6.45, 7) is 6.50. The predicted octanol–water partition coefficient (Wildman–Crippen LogP) is 22.3. The average Bonchev–Trinajstić information content (AvgIpc) is 3.42. The van der Waals surface area contributed by atoms with Gasteiger partial charge in [-0.1, -0.05) is 279 Å². The molecule has 0 spiro atoms. The molecule has 0 amide bonds. The molecule has 0 aromatic carbocycles. The van der Waals surface area contributed by atoms with Crippen molar-refractivity contribution in [2.24, 2.45) is 0 Å². The number of ether oxygens (including phenoxy) is 3. The van der Waals surface area contributed by atoms with E-state index >= 15 is 0 Å². The van der Waals surface area contributed by atoms with Gasteiger partial charge in [-0.05, 0) is 109 Å². The number of carbonyl (C=O) groups is 3. The number of allylic oxidation sites excluding steroid dienone is 14. The van der Waals surface area contributed by atoms with Crippen LogP contribution in [-0.2, 0) is 28.6 Å². The largest absolute Gasteiger partial charge is 0.462 e. The molecule has 1 unspecified atom stereocenters. The van der Waals surface area contributed by atoms with Crippen molar-refractivity contribution in [1.29, 1.82) is 0 Å². The first-order valence-corrected chi connectivity index (χ1v) is 32.6. The average molecular weight is 1060 g/mol. The third-order valence-corrected chi connectivity index (χ3v) is 14.1. The summed E-state index contributed by atoms with van der Waals surface area (Å²) in [5.74, 6) is -0.894. The van der Waals surface area contributed by atoms with Crippen molar-refractivity contribution in [2.75, 3.05) is 13.2 Å². The van der Waals surface area contributed by atoms with E-state index in [-0.39, 0.29) is 31.1 Å². The Morgan fingerprint density at radius 2 is 0.526 bits per heavy atom. The first-order chi connectivity index (χ1) is 37.5. The minimum absolute atomic E-state index is 0.0835. The molecule has 0 aliphatic heterocycles. The molecule has 76 heavy (non-hydrogen) atoms. The Morgan fingerprint density at radius 1 is 0.276 bits per heavy atom. The van der Waals surface area contributed by atoms with Crippen LogP contribution in [0.5, 0.6) is 0 Å². The van der Waals surface area contributed by atoms with Gasteiger partial charge in [0.25, 0.3) is 0 Å². The molecule has 0 bridgehead atoms. The van der Waals surface area contributed by atoms with Crippen LogP contribution in [-0.4, -0.2) is 37.2 Å². The maximum Gasteiger partial charge on any atom is 0.306 e. The summed E-state index contributed by atoms with van der Waals surface area (Å²) in [4.78, 5) is 38.3. The third kappa shape index (κ3) is 61.4. The minimum atomic E-state index is -0.789. The SMILES string of the molecule is CC/C=C\C/C=C\C/C=C\C/C=C\CCCCCCCCCCC(=O)OC(COC(=O)CCCCCCC/C=C\C/C=C\CCCC)COC(=O)CCCCCCCCCCCCC/C=C\CCCCCCCCCC. The van der Waals surface area contributed by atoms with Crippen molar-refractivity contribution in [3.05, 3.63) is 85.1 Å². The van der Waals surface area contributed by atoms with Crippen LogP contribution in [0.1, 0.15) is 323 Å². The zero-order valence-corrected chi connectivity index (χ0v) is 50.3. The van der Waals surface area contributed by atoms with Gasteiger partial charge >= 0.3 is 17.9 Å². The lowest BCUT2D eigenvalue weighted by Gasteiger charge is -2.18. The highest BCUT2D eigenvalue weighted by Crippen LogP contribution is 2.16. The number of rotatable bonds is 59. The summed E-state index contributed by atoms with van der Waals surface area (Å²) in [5.41, 5.74) is 0. The highest BCUT2D eigenvalue weighted by atomic mass is 16.6. The second-order valence-corrected chi connectivity index (χ2v) is 21.6. The zero-order valence-electron chi connectivity index (χ0n) is 50.3. The summed E-state index contributed by atoms with van der Waals surface area (Å²) in [6.07, 6.45) is 84.5. The summed E-state index contributed by atoms with van der Waals surface area (Å²) in [6, 6.07) is 0. The molecule has 0 heterocycles. The fraction of sp³-hybridized carbons (Fsp3) is 0.757. The van der Waals surface area contributed by atoms with Gasteiger partial charge in [0.1, 0.15) is 13.2 Å². The Kier molecular flexibility index (Phi) is 61.2. The summed E-state index contributed by atoms with van der Waals surface area (Å²) < 4.78 is 16.9. The van der Waals surface area contributed by atoms with Gasteiger partial charge in [-0.25, -0.2) is 0 Å². The van der Waals surface area contributed by atoms with E-state index < -0.39 is 6.10 Å². The van der Waals surface area contributed by atoms with Crippen LogP contribution in [0.2, 0.25) is 0 Å². The standard InChI is InChI=1S/C70H122O6/c1-4-7-10-13-16-19-22-25-28-30-32-34-35-37-38-40-42-45-48-51-54-57-60-63-69(72)75-66-67(65-74-68(71)62-59-56-53-50-47-44-27-24-21-18-15-12-9-6-3)76-70(73)64-61-58-55-52-49-46-43-41-39-36-33-31-29-26-23-20-17-14-11-8-5-2/h8,11,15,17-18,20,24,26-27,29-30,32-33,36,67H,4-7,9-10,12-14,16,19,21-23,25,28,31,34-35,37-66H2,1-3H3/b11-8-,18-15-,20-17-,27-24-,29-26-,32-30-,36-33-. The van der Waals surface area contributed by atoms with Crippen molar-refractivity contribution in [2.45, 2.75) is 329 Å². The molecule has 0 aromatic heterocycles. The second kappa shape index (κ2) is 64.1. The van der Waals surface area contributed by atoms with E-state index in [2.05, 4.69) is 106 Å². The van der Waals surface area contributed by atoms with Gasteiger partial charge in [0.05, 0.1) is 0 Å². The maximum absolute atomic E-state index is 12.9. The zero-order chi connectivity index (χ0) is 55.0. The fourth-order valence-corrected chi connectivity index (χ4v) is 9.21. The van der Waals surface area contributed by atoms with Gasteiger partial charge in [-0.2, -0.15) is 0 Å². The topological polar surface area (TPSA) is 78.9 Å². The number of carbonyl (C=O) groups excluding carboxylic acids is 3. The summed E-state index contributed by atoms with van der Waals surface area (Å²) in [7, 11) is 0. The molecular weight excluding hydrogens is 937 g/mol. The molecule has 0 fully saturated rings. The van der Waals surface area contributed by atoms with Crippen LogP contribution in [0.3, 0.4) is 0 Å². The fourth-order valence-electron chi connectivity index (χ4n) is 9.21. The highest BCUT2D eigenvalue weighted by Gasteiger charge is 2.19. The molecule has 6 heteroatoms. The predicted molar refractivity (Wildman–Crippen MR) is 330 cm³/mol. The van der Waals surface area contributed by atoms with Crippen LogP contribution in [0.25, 0.3) is 0 Å².